The van der Waals surface area contributed by atoms with Gasteiger partial charge in [-0.25, -0.2) is 4.68 Å². The summed E-state index contributed by atoms with van der Waals surface area (Å²) in [4.78, 5) is 0. The van der Waals surface area contributed by atoms with Crippen molar-refractivity contribution in [1.29, 1.82) is 0 Å². The van der Waals surface area contributed by atoms with E-state index in [1.807, 2.05) is 29.8 Å². The van der Waals surface area contributed by atoms with E-state index in [0.29, 0.717) is 24.0 Å². The summed E-state index contributed by atoms with van der Waals surface area (Å²) in [6, 6.07) is 5.92. The molecule has 1 unspecified atom stereocenters. The molecule has 21 heavy (non-hydrogen) atoms. The van der Waals surface area contributed by atoms with Crippen molar-refractivity contribution in [1.82, 2.24) is 20.2 Å². The van der Waals surface area contributed by atoms with E-state index < -0.39 is 0 Å². The van der Waals surface area contributed by atoms with Gasteiger partial charge in [0, 0.05) is 5.69 Å². The van der Waals surface area contributed by atoms with E-state index in [1.165, 1.54) is 19.3 Å². The van der Waals surface area contributed by atoms with Gasteiger partial charge in [0.25, 0.3) is 0 Å². The van der Waals surface area contributed by atoms with Gasteiger partial charge in [-0.2, -0.15) is 0 Å². The van der Waals surface area contributed by atoms with E-state index in [2.05, 4.69) is 22.4 Å². The molecule has 0 saturated heterocycles. The van der Waals surface area contributed by atoms with Crippen molar-refractivity contribution in [2.45, 2.75) is 39.2 Å². The molecule has 1 atom stereocenters. The standard InChI is InChI=1S/C15H21N5O/c1-3-21-13-9-5-8-12(16)14(13)15-17-18-19-20(15)10(2)11-6-4-7-11/h5,8-11H,3-4,6-7,16H2,1-2H3. The lowest BCUT2D eigenvalue weighted by Crippen LogP contribution is -2.24. The molecule has 112 valence electrons. The summed E-state index contributed by atoms with van der Waals surface area (Å²) in [6.07, 6.45) is 3.77. The van der Waals surface area contributed by atoms with Crippen LogP contribution in [0.25, 0.3) is 11.4 Å². The van der Waals surface area contributed by atoms with E-state index in [1.54, 1.807) is 0 Å². The van der Waals surface area contributed by atoms with Gasteiger partial charge in [-0.15, -0.1) is 5.10 Å². The van der Waals surface area contributed by atoms with Crippen LogP contribution in [0.5, 0.6) is 5.75 Å². The SMILES string of the molecule is CCOc1cccc(N)c1-c1nnnn1C(C)C1CCC1. The van der Waals surface area contributed by atoms with Crippen molar-refractivity contribution in [3.63, 3.8) is 0 Å². The summed E-state index contributed by atoms with van der Waals surface area (Å²) in [6.45, 7) is 4.70. The quantitative estimate of drug-likeness (QED) is 0.855. The number of tetrazole rings is 1. The maximum atomic E-state index is 6.15. The van der Waals surface area contributed by atoms with Gasteiger partial charge < -0.3 is 10.5 Å². The van der Waals surface area contributed by atoms with Crippen LogP contribution in [-0.4, -0.2) is 26.8 Å². The Hall–Kier alpha value is -2.11. The van der Waals surface area contributed by atoms with Gasteiger partial charge >= 0.3 is 0 Å². The lowest BCUT2D eigenvalue weighted by atomic mass is 9.80. The van der Waals surface area contributed by atoms with Gasteiger partial charge in [0.15, 0.2) is 5.82 Å². The summed E-state index contributed by atoms with van der Waals surface area (Å²) >= 11 is 0. The predicted octanol–water partition coefficient (Wildman–Crippen LogP) is 2.68. The highest BCUT2D eigenvalue weighted by Crippen LogP contribution is 2.39. The number of benzene rings is 1. The van der Waals surface area contributed by atoms with Gasteiger partial charge in [0.2, 0.25) is 0 Å². The van der Waals surface area contributed by atoms with Crippen LogP contribution in [0.1, 0.15) is 39.2 Å². The second-order valence-electron chi connectivity index (χ2n) is 5.53. The Labute approximate surface area is 124 Å². The minimum absolute atomic E-state index is 0.276. The molecule has 3 rings (SSSR count). The number of aromatic nitrogens is 4. The second-order valence-corrected chi connectivity index (χ2v) is 5.53. The number of nitrogens with two attached hydrogens (primary N) is 1. The monoisotopic (exact) mass is 287 g/mol. The summed E-state index contributed by atoms with van der Waals surface area (Å²) in [7, 11) is 0. The molecule has 1 heterocycles. The molecule has 1 fully saturated rings. The second kappa shape index (κ2) is 5.71. The first kappa shape index (κ1) is 13.9. The van der Waals surface area contributed by atoms with Crippen molar-refractivity contribution < 1.29 is 4.74 Å². The molecule has 6 nitrogen and oxygen atoms in total. The molecule has 1 saturated carbocycles. The number of rotatable bonds is 5. The third-order valence-electron chi connectivity index (χ3n) is 4.29. The number of hydrogen-bond donors (Lipinski definition) is 1. The molecule has 0 radical (unpaired) electrons. The summed E-state index contributed by atoms with van der Waals surface area (Å²) in [5, 5.41) is 12.2. The number of anilines is 1. The van der Waals surface area contributed by atoms with Crippen LogP contribution in [0.2, 0.25) is 0 Å². The molecule has 0 amide bonds. The Kier molecular flexibility index (Phi) is 3.77. The van der Waals surface area contributed by atoms with Gasteiger partial charge in [-0.05, 0) is 55.2 Å². The Morgan fingerprint density at radius 1 is 1.43 bits per heavy atom. The molecule has 0 spiro atoms. The fourth-order valence-electron chi connectivity index (χ4n) is 2.82. The molecule has 1 aromatic carbocycles. The highest BCUT2D eigenvalue weighted by Gasteiger charge is 2.29. The third kappa shape index (κ3) is 2.46. The molecule has 1 aliphatic rings. The molecular weight excluding hydrogens is 266 g/mol. The lowest BCUT2D eigenvalue weighted by Gasteiger charge is -2.31. The highest BCUT2D eigenvalue weighted by atomic mass is 16.5. The van der Waals surface area contributed by atoms with Crippen LogP contribution in [0.3, 0.4) is 0 Å². The molecule has 0 bridgehead atoms. The van der Waals surface area contributed by atoms with E-state index in [0.717, 1.165) is 11.3 Å². The van der Waals surface area contributed by atoms with E-state index in [9.17, 15) is 0 Å². The molecule has 1 aliphatic carbocycles. The van der Waals surface area contributed by atoms with Crippen molar-refractivity contribution in [3.05, 3.63) is 18.2 Å². The largest absolute Gasteiger partial charge is 0.493 e. The molecule has 0 aliphatic heterocycles. The zero-order valence-corrected chi connectivity index (χ0v) is 12.5. The van der Waals surface area contributed by atoms with Crippen LogP contribution in [0.4, 0.5) is 5.69 Å². The van der Waals surface area contributed by atoms with E-state index in [-0.39, 0.29) is 6.04 Å². The van der Waals surface area contributed by atoms with E-state index in [4.69, 9.17) is 10.5 Å². The van der Waals surface area contributed by atoms with Crippen LogP contribution >= 0.6 is 0 Å². The fraction of sp³-hybridized carbons (Fsp3) is 0.533. The minimum atomic E-state index is 0.276. The molecular formula is C15H21N5O. The number of nitrogens with zero attached hydrogens (tertiary/aromatic N) is 4. The Morgan fingerprint density at radius 2 is 2.24 bits per heavy atom. The van der Waals surface area contributed by atoms with Gasteiger partial charge in [0.1, 0.15) is 5.75 Å². The number of ether oxygens (including phenoxy) is 1. The van der Waals surface area contributed by atoms with Crippen molar-refractivity contribution in [2.24, 2.45) is 5.92 Å². The van der Waals surface area contributed by atoms with Crippen molar-refractivity contribution in [3.8, 4) is 17.1 Å². The fourth-order valence-corrected chi connectivity index (χ4v) is 2.82. The zero-order chi connectivity index (χ0) is 14.8. The Bertz CT molecular complexity index is 620. The zero-order valence-electron chi connectivity index (χ0n) is 12.5. The molecule has 6 heteroatoms. The van der Waals surface area contributed by atoms with Crippen LogP contribution in [0.15, 0.2) is 18.2 Å². The van der Waals surface area contributed by atoms with E-state index >= 15 is 0 Å². The summed E-state index contributed by atoms with van der Waals surface area (Å²) in [5.74, 6) is 2.07. The first-order valence-corrected chi connectivity index (χ1v) is 7.52. The van der Waals surface area contributed by atoms with Gasteiger partial charge in [-0.3, -0.25) is 0 Å². The minimum Gasteiger partial charge on any atom is -0.493 e. The lowest BCUT2D eigenvalue weighted by molar-refractivity contribution is 0.210. The number of nitrogen functional groups attached to an aromatic ring is 1. The Balaban J connectivity index is 2.03. The molecule has 1 aromatic heterocycles. The van der Waals surface area contributed by atoms with Crippen molar-refractivity contribution >= 4 is 5.69 Å². The smallest absolute Gasteiger partial charge is 0.188 e. The van der Waals surface area contributed by atoms with Crippen LogP contribution in [-0.2, 0) is 0 Å². The first-order valence-electron chi connectivity index (χ1n) is 7.52. The average Bonchev–Trinajstić information content (AvgIpc) is 2.86. The van der Waals surface area contributed by atoms with Crippen molar-refractivity contribution in [2.75, 3.05) is 12.3 Å². The average molecular weight is 287 g/mol. The van der Waals surface area contributed by atoms with Gasteiger partial charge in [-0.1, -0.05) is 12.5 Å². The Morgan fingerprint density at radius 3 is 2.90 bits per heavy atom. The predicted molar refractivity (Wildman–Crippen MR) is 80.9 cm³/mol. The first-order chi connectivity index (χ1) is 10.2. The highest BCUT2D eigenvalue weighted by molar-refractivity contribution is 5.77. The maximum absolute atomic E-state index is 6.15. The normalized spacial score (nSPS) is 16.5. The molecule has 2 aromatic rings. The third-order valence-corrected chi connectivity index (χ3v) is 4.29. The van der Waals surface area contributed by atoms with Gasteiger partial charge in [0.05, 0.1) is 18.2 Å². The number of hydrogen-bond acceptors (Lipinski definition) is 5. The van der Waals surface area contributed by atoms with Crippen LogP contribution in [0, 0.1) is 5.92 Å². The van der Waals surface area contributed by atoms with Crippen LogP contribution < -0.4 is 10.5 Å². The summed E-state index contributed by atoms with van der Waals surface area (Å²) in [5.41, 5.74) is 7.57. The topological polar surface area (TPSA) is 78.8 Å². The summed E-state index contributed by atoms with van der Waals surface area (Å²) < 4.78 is 7.58. The molecule has 2 N–H and O–H groups in total. The maximum Gasteiger partial charge on any atom is 0.188 e.